The predicted molar refractivity (Wildman–Crippen MR) is 122 cm³/mol. The van der Waals surface area contributed by atoms with Crippen LogP contribution in [0.1, 0.15) is 48.0 Å². The number of nitrogens with zero attached hydrogens (tertiary/aromatic N) is 2. The van der Waals surface area contributed by atoms with Crippen LogP contribution >= 0.6 is 0 Å². The second kappa shape index (κ2) is 8.65. The molecule has 2 fully saturated rings. The highest BCUT2D eigenvalue weighted by Gasteiger charge is 2.33. The molecule has 0 saturated carbocycles. The van der Waals surface area contributed by atoms with Gasteiger partial charge in [-0.2, -0.15) is 0 Å². The Labute approximate surface area is 178 Å². The van der Waals surface area contributed by atoms with Crippen LogP contribution in [0, 0.1) is 5.92 Å². The fourth-order valence-electron chi connectivity index (χ4n) is 5.47. The smallest absolute Gasteiger partial charge is 0.253 e. The highest BCUT2D eigenvalue weighted by molar-refractivity contribution is 6.07. The summed E-state index contributed by atoms with van der Waals surface area (Å²) in [5, 5.41) is 4.33. The van der Waals surface area contributed by atoms with Crippen LogP contribution in [-0.4, -0.2) is 41.1 Å². The van der Waals surface area contributed by atoms with E-state index in [9.17, 15) is 4.79 Å². The van der Waals surface area contributed by atoms with Gasteiger partial charge >= 0.3 is 0 Å². The standard InChI is InChI=1S/C26H31N3O/c30-26(27-17-21-11-8-16-28-15-7-6-13-24(21)28)23-19-29(18-20-9-2-1-3-10-20)25-14-5-4-12-22(23)25/h1-5,9-10,12,14,19,21,24H,6-8,11,13,15-18H2,(H,27,30). The number of carbonyl (C=O) groups is 1. The Kier molecular flexibility index (Phi) is 5.58. The molecule has 3 aromatic rings. The van der Waals surface area contributed by atoms with Crippen LogP contribution in [0.25, 0.3) is 10.9 Å². The minimum Gasteiger partial charge on any atom is -0.352 e. The van der Waals surface area contributed by atoms with Crippen molar-refractivity contribution in [2.75, 3.05) is 19.6 Å². The number of aromatic nitrogens is 1. The van der Waals surface area contributed by atoms with Crippen LogP contribution in [0.5, 0.6) is 0 Å². The molecule has 156 valence electrons. The third-order valence-corrected chi connectivity index (χ3v) is 6.98. The zero-order valence-corrected chi connectivity index (χ0v) is 17.6. The van der Waals surface area contributed by atoms with Gasteiger partial charge in [-0.3, -0.25) is 4.79 Å². The van der Waals surface area contributed by atoms with E-state index >= 15 is 0 Å². The van der Waals surface area contributed by atoms with Gasteiger partial charge in [-0.25, -0.2) is 0 Å². The lowest BCUT2D eigenvalue weighted by atomic mass is 9.83. The Bertz CT molecular complexity index is 1010. The molecular weight excluding hydrogens is 370 g/mol. The van der Waals surface area contributed by atoms with Crippen molar-refractivity contribution in [2.24, 2.45) is 5.92 Å². The fourth-order valence-corrected chi connectivity index (χ4v) is 5.47. The quantitative estimate of drug-likeness (QED) is 0.674. The van der Waals surface area contributed by atoms with Crippen molar-refractivity contribution >= 4 is 16.8 Å². The minimum atomic E-state index is 0.0611. The van der Waals surface area contributed by atoms with Gasteiger partial charge in [0.05, 0.1) is 5.56 Å². The average Bonchev–Trinajstić information content (AvgIpc) is 3.17. The van der Waals surface area contributed by atoms with Crippen LogP contribution in [0.4, 0.5) is 0 Å². The molecule has 0 radical (unpaired) electrons. The predicted octanol–water partition coefficient (Wildman–Crippen LogP) is 4.68. The van der Waals surface area contributed by atoms with Gasteiger partial charge in [-0.05, 0) is 56.3 Å². The summed E-state index contributed by atoms with van der Waals surface area (Å²) < 4.78 is 2.20. The van der Waals surface area contributed by atoms with Crippen molar-refractivity contribution in [1.82, 2.24) is 14.8 Å². The fraction of sp³-hybridized carbons (Fsp3) is 0.423. The number of hydrogen-bond acceptors (Lipinski definition) is 2. The molecule has 0 spiro atoms. The maximum Gasteiger partial charge on any atom is 0.253 e. The topological polar surface area (TPSA) is 37.3 Å². The summed E-state index contributed by atoms with van der Waals surface area (Å²) in [6.07, 6.45) is 8.47. The summed E-state index contributed by atoms with van der Waals surface area (Å²) in [7, 11) is 0. The summed E-state index contributed by atoms with van der Waals surface area (Å²) in [6, 6.07) is 19.3. The number of amides is 1. The summed E-state index contributed by atoms with van der Waals surface area (Å²) in [4.78, 5) is 15.9. The number of rotatable bonds is 5. The van der Waals surface area contributed by atoms with Gasteiger partial charge in [0.2, 0.25) is 0 Å². The SMILES string of the molecule is O=C(NCC1CCCN2CCCCC12)c1cn(Cc2ccccc2)c2ccccc12. The molecule has 5 rings (SSSR count). The number of hydrogen-bond donors (Lipinski definition) is 1. The molecule has 0 bridgehead atoms. The number of para-hydroxylation sites is 1. The molecule has 2 saturated heterocycles. The zero-order chi connectivity index (χ0) is 20.3. The molecular formula is C26H31N3O. The van der Waals surface area contributed by atoms with Gasteiger partial charge in [-0.15, -0.1) is 0 Å². The number of fused-ring (bicyclic) bond motifs is 2. The molecule has 1 N–H and O–H groups in total. The maximum atomic E-state index is 13.2. The summed E-state index contributed by atoms with van der Waals surface area (Å²) in [5.74, 6) is 0.645. The largest absolute Gasteiger partial charge is 0.352 e. The van der Waals surface area contributed by atoms with E-state index in [2.05, 4.69) is 51.2 Å². The van der Waals surface area contributed by atoms with Crippen LogP contribution in [0.2, 0.25) is 0 Å². The van der Waals surface area contributed by atoms with E-state index in [1.54, 1.807) is 0 Å². The maximum absolute atomic E-state index is 13.2. The van der Waals surface area contributed by atoms with E-state index < -0.39 is 0 Å². The number of nitrogens with one attached hydrogen (secondary N) is 1. The van der Waals surface area contributed by atoms with Gasteiger partial charge < -0.3 is 14.8 Å². The molecule has 1 aromatic heterocycles. The molecule has 4 nitrogen and oxygen atoms in total. The van der Waals surface area contributed by atoms with Crippen molar-refractivity contribution in [2.45, 2.75) is 44.7 Å². The first-order chi connectivity index (χ1) is 14.8. The molecule has 0 aliphatic carbocycles. The third-order valence-electron chi connectivity index (χ3n) is 6.98. The Morgan fingerprint density at radius 3 is 2.63 bits per heavy atom. The highest BCUT2D eigenvalue weighted by atomic mass is 16.1. The highest BCUT2D eigenvalue weighted by Crippen LogP contribution is 2.30. The van der Waals surface area contributed by atoms with Crippen LogP contribution in [0.3, 0.4) is 0 Å². The van der Waals surface area contributed by atoms with E-state index in [4.69, 9.17) is 0 Å². The summed E-state index contributed by atoms with van der Waals surface area (Å²) >= 11 is 0. The monoisotopic (exact) mass is 401 g/mol. The van der Waals surface area contributed by atoms with Gasteiger partial charge in [0.15, 0.2) is 0 Å². The lowest BCUT2D eigenvalue weighted by molar-refractivity contribution is 0.0576. The Morgan fingerprint density at radius 1 is 0.933 bits per heavy atom. The number of benzene rings is 2. The van der Waals surface area contributed by atoms with Crippen molar-refractivity contribution < 1.29 is 4.79 Å². The minimum absolute atomic E-state index is 0.0611. The molecule has 2 atom stereocenters. The van der Waals surface area contributed by atoms with E-state index in [1.807, 2.05) is 24.4 Å². The van der Waals surface area contributed by atoms with Crippen molar-refractivity contribution in [3.8, 4) is 0 Å². The number of carbonyl (C=O) groups excluding carboxylic acids is 1. The lowest BCUT2D eigenvalue weighted by Gasteiger charge is -2.44. The summed E-state index contributed by atoms with van der Waals surface area (Å²) in [5.41, 5.74) is 3.14. The molecule has 2 aromatic carbocycles. The first kappa shape index (κ1) is 19.4. The molecule has 30 heavy (non-hydrogen) atoms. The average molecular weight is 402 g/mol. The molecule has 1 amide bonds. The van der Waals surface area contributed by atoms with Gasteiger partial charge in [0.25, 0.3) is 5.91 Å². The van der Waals surface area contributed by atoms with E-state index in [0.717, 1.165) is 29.6 Å². The van der Waals surface area contributed by atoms with Crippen molar-refractivity contribution in [1.29, 1.82) is 0 Å². The third kappa shape index (κ3) is 3.89. The van der Waals surface area contributed by atoms with Gasteiger partial charge in [-0.1, -0.05) is 55.0 Å². The van der Waals surface area contributed by atoms with Crippen LogP contribution < -0.4 is 5.32 Å². The second-order valence-corrected chi connectivity index (χ2v) is 8.88. The second-order valence-electron chi connectivity index (χ2n) is 8.88. The van der Waals surface area contributed by atoms with Crippen molar-refractivity contribution in [3.05, 3.63) is 71.9 Å². The van der Waals surface area contributed by atoms with Gasteiger partial charge in [0, 0.05) is 36.2 Å². The molecule has 2 unspecified atom stereocenters. The summed E-state index contributed by atoms with van der Waals surface area (Å²) in [6.45, 7) is 4.04. The molecule has 3 heterocycles. The normalized spacial score (nSPS) is 22.0. The van der Waals surface area contributed by atoms with Gasteiger partial charge in [0.1, 0.15) is 0 Å². The Morgan fingerprint density at radius 2 is 1.73 bits per heavy atom. The Hall–Kier alpha value is -2.59. The molecule has 2 aliphatic heterocycles. The van der Waals surface area contributed by atoms with E-state index in [0.29, 0.717) is 12.0 Å². The molecule has 2 aliphatic rings. The molecule has 4 heteroatoms. The Balaban J connectivity index is 1.33. The van der Waals surface area contributed by atoms with Crippen molar-refractivity contribution in [3.63, 3.8) is 0 Å². The van der Waals surface area contributed by atoms with Crippen LogP contribution in [-0.2, 0) is 6.54 Å². The zero-order valence-electron chi connectivity index (χ0n) is 17.6. The first-order valence-electron chi connectivity index (χ1n) is 11.4. The first-order valence-corrected chi connectivity index (χ1v) is 11.4. The van der Waals surface area contributed by atoms with E-state index in [1.165, 1.54) is 50.8 Å². The van der Waals surface area contributed by atoms with Crippen LogP contribution in [0.15, 0.2) is 60.8 Å². The van der Waals surface area contributed by atoms with E-state index in [-0.39, 0.29) is 5.91 Å². The lowest BCUT2D eigenvalue weighted by Crippen LogP contribution is -2.51. The number of piperidine rings is 2.